The van der Waals surface area contributed by atoms with Crippen LogP contribution >= 0.6 is 0 Å². The van der Waals surface area contributed by atoms with Gasteiger partial charge in [-0.3, -0.25) is 4.79 Å². The van der Waals surface area contributed by atoms with Crippen molar-refractivity contribution < 1.29 is 9.90 Å². The summed E-state index contributed by atoms with van der Waals surface area (Å²) in [4.78, 5) is 11.9. The fourth-order valence-corrected chi connectivity index (χ4v) is 1.52. The molecule has 4 nitrogen and oxygen atoms in total. The maximum absolute atomic E-state index is 11.9. The van der Waals surface area contributed by atoms with Gasteiger partial charge in [0.25, 0.3) is 0 Å². The average molecular weight is 244 g/mol. The molecule has 0 spiro atoms. The van der Waals surface area contributed by atoms with E-state index in [4.69, 9.17) is 5.11 Å². The molecule has 0 aliphatic carbocycles. The van der Waals surface area contributed by atoms with E-state index in [1.54, 1.807) is 0 Å². The highest BCUT2D eigenvalue weighted by molar-refractivity contribution is 5.82. The zero-order valence-corrected chi connectivity index (χ0v) is 11.8. The number of aliphatic hydroxyl groups excluding tert-OH is 1. The van der Waals surface area contributed by atoms with E-state index < -0.39 is 0 Å². The summed E-state index contributed by atoms with van der Waals surface area (Å²) in [6.07, 6.45) is 2.50. The molecule has 2 atom stereocenters. The molecule has 0 bridgehead atoms. The maximum atomic E-state index is 11.9. The Kier molecular flexibility index (Phi) is 7.39. The molecule has 3 N–H and O–H groups in total. The minimum Gasteiger partial charge on any atom is -0.396 e. The van der Waals surface area contributed by atoms with Gasteiger partial charge in [0, 0.05) is 18.2 Å². The van der Waals surface area contributed by atoms with Crippen LogP contribution in [0.4, 0.5) is 0 Å². The highest BCUT2D eigenvalue weighted by Crippen LogP contribution is 2.07. The second-order valence-electron chi connectivity index (χ2n) is 5.23. The van der Waals surface area contributed by atoms with Gasteiger partial charge in [0.2, 0.25) is 5.91 Å². The number of hydrogen-bond donors (Lipinski definition) is 3. The summed E-state index contributed by atoms with van der Waals surface area (Å²) >= 11 is 0. The van der Waals surface area contributed by atoms with E-state index in [0.717, 1.165) is 12.8 Å². The summed E-state index contributed by atoms with van der Waals surface area (Å²) in [7, 11) is 0. The molecule has 0 aliphatic heterocycles. The number of aliphatic hydroxyl groups is 1. The predicted molar refractivity (Wildman–Crippen MR) is 70.9 cm³/mol. The van der Waals surface area contributed by atoms with Crippen molar-refractivity contribution in [3.05, 3.63) is 0 Å². The first kappa shape index (κ1) is 16.4. The molecule has 0 heterocycles. The topological polar surface area (TPSA) is 61.4 Å². The molecular weight excluding hydrogens is 216 g/mol. The minimum atomic E-state index is -0.225. The fraction of sp³-hybridized carbons (Fsp3) is 0.923. The smallest absolute Gasteiger partial charge is 0.237 e. The normalized spacial score (nSPS) is 15.4. The lowest BCUT2D eigenvalue weighted by Gasteiger charge is -2.28. The van der Waals surface area contributed by atoms with Crippen molar-refractivity contribution >= 4 is 5.91 Å². The summed E-state index contributed by atoms with van der Waals surface area (Å²) in [6.45, 7) is 10.2. The molecule has 0 radical (unpaired) electrons. The number of nitrogens with one attached hydrogen (secondary N) is 2. The van der Waals surface area contributed by atoms with Crippen molar-refractivity contribution in [1.82, 2.24) is 10.6 Å². The van der Waals surface area contributed by atoms with Crippen molar-refractivity contribution in [1.29, 1.82) is 0 Å². The quantitative estimate of drug-likeness (QED) is 0.605. The molecule has 0 aromatic rings. The predicted octanol–water partition coefficient (Wildman–Crippen LogP) is 1.43. The number of hydrogen-bond acceptors (Lipinski definition) is 3. The molecule has 0 aromatic heterocycles. The number of rotatable bonds is 8. The lowest BCUT2D eigenvalue weighted by molar-refractivity contribution is -0.124. The molecule has 4 heteroatoms. The van der Waals surface area contributed by atoms with E-state index in [2.05, 4.69) is 17.6 Å². The third kappa shape index (κ3) is 6.64. The molecule has 0 aliphatic rings. The Morgan fingerprint density at radius 2 is 1.94 bits per heavy atom. The summed E-state index contributed by atoms with van der Waals surface area (Å²) in [5, 5.41) is 15.2. The molecule has 0 rings (SSSR count). The van der Waals surface area contributed by atoms with E-state index in [1.165, 1.54) is 0 Å². The zero-order valence-electron chi connectivity index (χ0n) is 11.8. The summed E-state index contributed by atoms with van der Waals surface area (Å²) in [5.41, 5.74) is -0.161. The van der Waals surface area contributed by atoms with Crippen LogP contribution in [0.1, 0.15) is 53.9 Å². The van der Waals surface area contributed by atoms with Crippen molar-refractivity contribution in [2.24, 2.45) is 0 Å². The molecule has 102 valence electrons. The van der Waals surface area contributed by atoms with E-state index in [0.29, 0.717) is 6.42 Å². The zero-order chi connectivity index (χ0) is 13.5. The third-order valence-corrected chi connectivity index (χ3v) is 3.19. The van der Waals surface area contributed by atoms with Crippen LogP contribution in [0.25, 0.3) is 0 Å². The highest BCUT2D eigenvalue weighted by Gasteiger charge is 2.22. The van der Waals surface area contributed by atoms with Crippen LogP contribution in [0.15, 0.2) is 0 Å². The van der Waals surface area contributed by atoms with Crippen molar-refractivity contribution in [2.75, 3.05) is 6.61 Å². The van der Waals surface area contributed by atoms with Crippen molar-refractivity contribution in [3.8, 4) is 0 Å². The standard InChI is InChI=1S/C13H28N2O2/c1-6-11(8-9-16)14-10(3)12(17)15-13(4,5)7-2/h10-11,14,16H,6-9H2,1-5H3,(H,15,17). The van der Waals surface area contributed by atoms with Crippen molar-refractivity contribution in [2.45, 2.75) is 71.5 Å². The Morgan fingerprint density at radius 1 is 1.35 bits per heavy atom. The molecule has 0 saturated heterocycles. The van der Waals surface area contributed by atoms with Gasteiger partial charge < -0.3 is 15.7 Å². The van der Waals surface area contributed by atoms with Crippen LogP contribution in [0.2, 0.25) is 0 Å². The first-order chi connectivity index (χ1) is 7.86. The second-order valence-corrected chi connectivity index (χ2v) is 5.23. The highest BCUT2D eigenvalue weighted by atomic mass is 16.3. The van der Waals surface area contributed by atoms with Gasteiger partial charge in [-0.05, 0) is 40.0 Å². The second kappa shape index (κ2) is 7.67. The van der Waals surface area contributed by atoms with Crippen LogP contribution in [-0.2, 0) is 4.79 Å². The van der Waals surface area contributed by atoms with E-state index in [1.807, 2.05) is 27.7 Å². The summed E-state index contributed by atoms with van der Waals surface area (Å²) in [5.74, 6) is 0.0215. The largest absolute Gasteiger partial charge is 0.396 e. The van der Waals surface area contributed by atoms with Gasteiger partial charge in [0.15, 0.2) is 0 Å². The molecule has 0 fully saturated rings. The fourth-order valence-electron chi connectivity index (χ4n) is 1.52. The van der Waals surface area contributed by atoms with Gasteiger partial charge in [0.05, 0.1) is 6.04 Å². The number of carbonyl (C=O) groups excluding carboxylic acids is 1. The minimum absolute atomic E-state index is 0.0215. The van der Waals surface area contributed by atoms with Crippen LogP contribution in [0.3, 0.4) is 0 Å². The number of carbonyl (C=O) groups is 1. The maximum Gasteiger partial charge on any atom is 0.237 e. The SMILES string of the molecule is CCC(CCO)NC(C)C(=O)NC(C)(C)CC. The Balaban J connectivity index is 4.21. The van der Waals surface area contributed by atoms with Crippen LogP contribution in [0, 0.1) is 0 Å². The first-order valence-electron chi connectivity index (χ1n) is 6.55. The third-order valence-electron chi connectivity index (χ3n) is 3.19. The van der Waals surface area contributed by atoms with Crippen LogP contribution in [-0.4, -0.2) is 35.2 Å². The lowest BCUT2D eigenvalue weighted by atomic mass is 10.0. The molecule has 0 saturated carbocycles. The monoisotopic (exact) mass is 244 g/mol. The Labute approximate surface area is 105 Å². The first-order valence-corrected chi connectivity index (χ1v) is 6.55. The number of amides is 1. The lowest BCUT2D eigenvalue weighted by Crippen LogP contribution is -2.52. The van der Waals surface area contributed by atoms with Crippen LogP contribution < -0.4 is 10.6 Å². The van der Waals surface area contributed by atoms with Crippen molar-refractivity contribution in [3.63, 3.8) is 0 Å². The van der Waals surface area contributed by atoms with Crippen LogP contribution in [0.5, 0.6) is 0 Å². The molecular formula is C13H28N2O2. The molecule has 17 heavy (non-hydrogen) atoms. The van der Waals surface area contributed by atoms with E-state index in [9.17, 15) is 4.79 Å². The van der Waals surface area contributed by atoms with Gasteiger partial charge >= 0.3 is 0 Å². The Morgan fingerprint density at radius 3 is 2.35 bits per heavy atom. The van der Waals surface area contributed by atoms with Gasteiger partial charge in [-0.25, -0.2) is 0 Å². The van der Waals surface area contributed by atoms with Gasteiger partial charge in [-0.2, -0.15) is 0 Å². The van der Waals surface area contributed by atoms with E-state index >= 15 is 0 Å². The molecule has 1 amide bonds. The Bertz CT molecular complexity index is 229. The summed E-state index contributed by atoms with van der Waals surface area (Å²) in [6, 6.07) is -0.0252. The average Bonchev–Trinajstić information content (AvgIpc) is 2.27. The van der Waals surface area contributed by atoms with Gasteiger partial charge in [0.1, 0.15) is 0 Å². The summed E-state index contributed by atoms with van der Waals surface area (Å²) < 4.78 is 0. The molecule has 2 unspecified atom stereocenters. The van der Waals surface area contributed by atoms with Gasteiger partial charge in [-0.15, -0.1) is 0 Å². The van der Waals surface area contributed by atoms with Gasteiger partial charge in [-0.1, -0.05) is 13.8 Å². The van der Waals surface area contributed by atoms with E-state index in [-0.39, 0.29) is 30.1 Å². The molecule has 0 aromatic carbocycles. The Hall–Kier alpha value is -0.610.